The number of benzene rings is 1. The van der Waals surface area contributed by atoms with Crippen molar-refractivity contribution >= 4 is 27.6 Å². The van der Waals surface area contributed by atoms with Crippen LogP contribution in [0.25, 0.3) is 0 Å². The Bertz CT molecular complexity index is 832. The molecule has 2 aliphatic carbocycles. The zero-order valence-electron chi connectivity index (χ0n) is 16.4. The zero-order valence-corrected chi connectivity index (χ0v) is 17.2. The molecule has 0 spiro atoms. The summed E-state index contributed by atoms with van der Waals surface area (Å²) in [6, 6.07) is 1.54. The Morgan fingerprint density at radius 1 is 1.04 bits per heavy atom. The van der Waals surface area contributed by atoms with Crippen molar-refractivity contribution in [1.29, 1.82) is 0 Å². The van der Waals surface area contributed by atoms with Gasteiger partial charge < -0.3 is 10.6 Å². The molecule has 154 valence electrons. The summed E-state index contributed by atoms with van der Waals surface area (Å²) in [5, 5.41) is 5.52. The summed E-state index contributed by atoms with van der Waals surface area (Å²) in [6.07, 6.45) is 7.11. The predicted octanol–water partition coefficient (Wildman–Crippen LogP) is 2.42. The molecule has 0 aromatic heterocycles. The Balaban J connectivity index is 1.58. The SMILES string of the molecule is CCCNC(=O)CCCS(=O)(=O)NC(=O)Nc1c2c(cc3c1CCC3)CCC2. The molecule has 0 bridgehead atoms. The highest BCUT2D eigenvalue weighted by molar-refractivity contribution is 7.90. The molecule has 3 amide bonds. The molecule has 0 atom stereocenters. The summed E-state index contributed by atoms with van der Waals surface area (Å²) in [5.41, 5.74) is 5.67. The zero-order chi connectivity index (χ0) is 20.1. The van der Waals surface area contributed by atoms with E-state index in [1.54, 1.807) is 0 Å². The molecule has 0 fully saturated rings. The molecular formula is C20H29N3O4S. The molecule has 0 saturated heterocycles. The van der Waals surface area contributed by atoms with Crippen LogP contribution in [0.2, 0.25) is 0 Å². The Kier molecular flexibility index (Phi) is 6.59. The third-order valence-electron chi connectivity index (χ3n) is 5.35. The molecule has 1 aromatic carbocycles. The van der Waals surface area contributed by atoms with Crippen LogP contribution in [-0.2, 0) is 40.5 Å². The number of hydrogen-bond donors (Lipinski definition) is 3. The van der Waals surface area contributed by atoms with Crippen molar-refractivity contribution in [3.63, 3.8) is 0 Å². The third kappa shape index (κ3) is 5.04. The molecule has 3 rings (SSSR count). The first-order valence-electron chi connectivity index (χ1n) is 10.1. The number of nitrogens with one attached hydrogen (secondary N) is 3. The average molecular weight is 408 g/mol. The number of urea groups is 1. The van der Waals surface area contributed by atoms with E-state index in [9.17, 15) is 18.0 Å². The van der Waals surface area contributed by atoms with Gasteiger partial charge in [0.05, 0.1) is 5.75 Å². The molecule has 7 nitrogen and oxygen atoms in total. The highest BCUT2D eigenvalue weighted by atomic mass is 32.2. The normalized spacial score (nSPS) is 15.0. The van der Waals surface area contributed by atoms with Gasteiger partial charge in [-0.1, -0.05) is 13.0 Å². The van der Waals surface area contributed by atoms with Gasteiger partial charge in [-0.15, -0.1) is 0 Å². The van der Waals surface area contributed by atoms with Crippen LogP contribution in [0.15, 0.2) is 6.07 Å². The maximum Gasteiger partial charge on any atom is 0.332 e. The van der Waals surface area contributed by atoms with Crippen LogP contribution in [0.1, 0.15) is 61.3 Å². The summed E-state index contributed by atoms with van der Waals surface area (Å²) < 4.78 is 26.5. The molecular weight excluding hydrogens is 378 g/mol. The van der Waals surface area contributed by atoms with Gasteiger partial charge in [-0.05, 0) is 73.6 Å². The topological polar surface area (TPSA) is 104 Å². The highest BCUT2D eigenvalue weighted by Crippen LogP contribution is 2.38. The molecule has 0 radical (unpaired) electrons. The Morgan fingerprint density at radius 3 is 2.29 bits per heavy atom. The molecule has 0 unspecified atom stereocenters. The predicted molar refractivity (Wildman–Crippen MR) is 109 cm³/mol. The van der Waals surface area contributed by atoms with Crippen molar-refractivity contribution in [1.82, 2.24) is 10.0 Å². The molecule has 1 aromatic rings. The van der Waals surface area contributed by atoms with Gasteiger partial charge in [-0.2, -0.15) is 0 Å². The number of carbonyl (C=O) groups excluding carboxylic acids is 2. The summed E-state index contributed by atoms with van der Waals surface area (Å²) in [4.78, 5) is 23.9. The fraction of sp³-hybridized carbons (Fsp3) is 0.600. The fourth-order valence-electron chi connectivity index (χ4n) is 4.07. The van der Waals surface area contributed by atoms with E-state index in [-0.39, 0.29) is 24.5 Å². The van der Waals surface area contributed by atoms with E-state index in [2.05, 4.69) is 21.4 Å². The summed E-state index contributed by atoms with van der Waals surface area (Å²) in [5.74, 6) is -0.428. The molecule has 3 N–H and O–H groups in total. The first-order valence-corrected chi connectivity index (χ1v) is 11.8. The second-order valence-corrected chi connectivity index (χ2v) is 9.40. The van der Waals surface area contributed by atoms with Gasteiger partial charge in [-0.3, -0.25) is 4.79 Å². The summed E-state index contributed by atoms with van der Waals surface area (Å²) in [6.45, 7) is 2.53. The van der Waals surface area contributed by atoms with Crippen LogP contribution in [-0.4, -0.2) is 32.7 Å². The number of sulfonamides is 1. The molecule has 0 aliphatic heterocycles. The van der Waals surface area contributed by atoms with Crippen LogP contribution >= 0.6 is 0 Å². The fourth-order valence-corrected chi connectivity index (χ4v) is 5.03. The molecule has 0 heterocycles. The second kappa shape index (κ2) is 8.94. The van der Waals surface area contributed by atoms with E-state index in [1.807, 2.05) is 6.92 Å². The minimum Gasteiger partial charge on any atom is -0.356 e. The number of anilines is 1. The quantitative estimate of drug-likeness (QED) is 0.615. The maximum absolute atomic E-state index is 12.4. The van der Waals surface area contributed by atoms with Crippen LogP contribution in [0.4, 0.5) is 10.5 Å². The third-order valence-corrected chi connectivity index (χ3v) is 6.67. The van der Waals surface area contributed by atoms with Gasteiger partial charge in [0.25, 0.3) is 0 Å². The van der Waals surface area contributed by atoms with E-state index < -0.39 is 16.1 Å². The lowest BCUT2D eigenvalue weighted by atomic mass is 9.99. The second-order valence-electron chi connectivity index (χ2n) is 7.56. The smallest absolute Gasteiger partial charge is 0.332 e. The lowest BCUT2D eigenvalue weighted by Gasteiger charge is -2.16. The number of fused-ring (bicyclic) bond motifs is 2. The van der Waals surface area contributed by atoms with E-state index in [4.69, 9.17) is 0 Å². The van der Waals surface area contributed by atoms with Crippen molar-refractivity contribution in [2.24, 2.45) is 0 Å². The van der Waals surface area contributed by atoms with Crippen molar-refractivity contribution in [3.8, 4) is 0 Å². The lowest BCUT2D eigenvalue weighted by Crippen LogP contribution is -2.36. The van der Waals surface area contributed by atoms with Crippen molar-refractivity contribution in [2.45, 2.75) is 64.7 Å². The molecule has 2 aliphatic rings. The summed E-state index contributed by atoms with van der Waals surface area (Å²) in [7, 11) is -3.79. The van der Waals surface area contributed by atoms with Crippen LogP contribution in [0.3, 0.4) is 0 Å². The number of rotatable bonds is 8. The highest BCUT2D eigenvalue weighted by Gasteiger charge is 2.25. The van der Waals surface area contributed by atoms with Crippen molar-refractivity contribution in [3.05, 3.63) is 28.3 Å². The number of carbonyl (C=O) groups is 2. The standard InChI is InChI=1S/C20H29N3O4S/c1-2-11-21-18(24)10-5-12-28(26,27)23-20(25)22-19-16-8-3-6-14(16)13-15-7-4-9-17(15)19/h13H,2-12H2,1H3,(H,21,24)(H2,22,23,25). The van der Waals surface area contributed by atoms with E-state index in [0.717, 1.165) is 61.8 Å². The molecule has 0 saturated carbocycles. The van der Waals surface area contributed by atoms with Crippen LogP contribution in [0.5, 0.6) is 0 Å². The van der Waals surface area contributed by atoms with Gasteiger partial charge in [0.2, 0.25) is 15.9 Å². The Morgan fingerprint density at radius 2 is 1.68 bits per heavy atom. The average Bonchev–Trinajstić information content (AvgIpc) is 3.28. The van der Waals surface area contributed by atoms with Crippen LogP contribution in [0, 0.1) is 0 Å². The Labute approximate surface area is 166 Å². The van der Waals surface area contributed by atoms with Crippen molar-refractivity contribution in [2.75, 3.05) is 17.6 Å². The Hall–Kier alpha value is -2.09. The molecule has 28 heavy (non-hydrogen) atoms. The first-order chi connectivity index (χ1) is 13.4. The van der Waals surface area contributed by atoms with E-state index in [0.29, 0.717) is 6.54 Å². The summed E-state index contributed by atoms with van der Waals surface area (Å²) >= 11 is 0. The van der Waals surface area contributed by atoms with Gasteiger partial charge in [0, 0.05) is 18.7 Å². The van der Waals surface area contributed by atoms with Crippen LogP contribution < -0.4 is 15.4 Å². The van der Waals surface area contributed by atoms with E-state index >= 15 is 0 Å². The molecule has 8 heteroatoms. The number of aryl methyl sites for hydroxylation is 2. The van der Waals surface area contributed by atoms with Gasteiger partial charge in [0.15, 0.2) is 0 Å². The number of hydrogen-bond acceptors (Lipinski definition) is 4. The number of amides is 3. The van der Waals surface area contributed by atoms with Gasteiger partial charge >= 0.3 is 6.03 Å². The minimum atomic E-state index is -3.79. The monoisotopic (exact) mass is 407 g/mol. The van der Waals surface area contributed by atoms with Gasteiger partial charge in [-0.25, -0.2) is 17.9 Å². The minimum absolute atomic E-state index is 0.127. The van der Waals surface area contributed by atoms with Crippen molar-refractivity contribution < 1.29 is 18.0 Å². The first kappa shape index (κ1) is 20.6. The maximum atomic E-state index is 12.4. The van der Waals surface area contributed by atoms with Gasteiger partial charge in [0.1, 0.15) is 0 Å². The lowest BCUT2D eigenvalue weighted by molar-refractivity contribution is -0.121. The van der Waals surface area contributed by atoms with E-state index in [1.165, 1.54) is 11.1 Å². The largest absolute Gasteiger partial charge is 0.356 e.